The molecule has 0 unspecified atom stereocenters. The molecule has 3 nitrogen and oxygen atoms in total. The van der Waals surface area contributed by atoms with Gasteiger partial charge in [-0.2, -0.15) is 0 Å². The van der Waals surface area contributed by atoms with Crippen molar-refractivity contribution in [3.8, 4) is 0 Å². The van der Waals surface area contributed by atoms with Crippen LogP contribution < -0.4 is 5.32 Å². The van der Waals surface area contributed by atoms with Crippen molar-refractivity contribution in [3.63, 3.8) is 0 Å². The maximum absolute atomic E-state index is 4.51. The van der Waals surface area contributed by atoms with Crippen molar-refractivity contribution in [2.45, 2.75) is 32.6 Å². The number of aromatic nitrogens is 1. The van der Waals surface area contributed by atoms with Gasteiger partial charge in [-0.15, -0.1) is 0 Å². The molecular weight excluding hydrogens is 222 g/mol. The first kappa shape index (κ1) is 13.5. The molecule has 18 heavy (non-hydrogen) atoms. The number of nitrogens with zero attached hydrogens (tertiary/aromatic N) is 2. The van der Waals surface area contributed by atoms with Crippen LogP contribution in [0.5, 0.6) is 0 Å². The predicted octanol–water partition coefficient (Wildman–Crippen LogP) is 1.87. The van der Waals surface area contributed by atoms with E-state index in [1.165, 1.54) is 43.7 Å². The highest BCUT2D eigenvalue weighted by molar-refractivity contribution is 5.13. The second kappa shape index (κ2) is 7.49. The summed E-state index contributed by atoms with van der Waals surface area (Å²) in [6, 6.07) is 4.39. The Morgan fingerprint density at radius 2 is 2.06 bits per heavy atom. The van der Waals surface area contributed by atoms with Crippen LogP contribution in [0.4, 0.5) is 0 Å². The van der Waals surface area contributed by atoms with Gasteiger partial charge in [0.25, 0.3) is 0 Å². The van der Waals surface area contributed by atoms with Crippen molar-refractivity contribution in [3.05, 3.63) is 29.6 Å². The van der Waals surface area contributed by atoms with Gasteiger partial charge in [-0.05, 0) is 43.9 Å². The van der Waals surface area contributed by atoms with Gasteiger partial charge in [0, 0.05) is 38.1 Å². The van der Waals surface area contributed by atoms with E-state index >= 15 is 0 Å². The Balaban J connectivity index is 1.62. The third kappa shape index (κ3) is 4.39. The summed E-state index contributed by atoms with van der Waals surface area (Å²) >= 11 is 0. The number of hydrogen-bond acceptors (Lipinski definition) is 3. The molecule has 0 radical (unpaired) electrons. The first-order chi connectivity index (χ1) is 8.88. The lowest BCUT2D eigenvalue weighted by Crippen LogP contribution is -2.43. The molecule has 0 spiro atoms. The van der Waals surface area contributed by atoms with Gasteiger partial charge in [0.15, 0.2) is 0 Å². The molecule has 0 aliphatic carbocycles. The van der Waals surface area contributed by atoms with Gasteiger partial charge < -0.3 is 10.2 Å². The minimum Gasteiger partial charge on any atom is -0.314 e. The lowest BCUT2D eigenvalue weighted by molar-refractivity contribution is 0.237. The van der Waals surface area contributed by atoms with E-state index < -0.39 is 0 Å². The van der Waals surface area contributed by atoms with Gasteiger partial charge in [0.2, 0.25) is 0 Å². The Bertz CT molecular complexity index is 328. The zero-order valence-electron chi connectivity index (χ0n) is 11.5. The molecule has 3 heteroatoms. The van der Waals surface area contributed by atoms with Crippen molar-refractivity contribution in [1.82, 2.24) is 15.2 Å². The Morgan fingerprint density at radius 1 is 1.22 bits per heavy atom. The van der Waals surface area contributed by atoms with E-state index in [0.29, 0.717) is 0 Å². The maximum Gasteiger partial charge on any atom is 0.0403 e. The highest BCUT2D eigenvalue weighted by Gasteiger charge is 2.08. The zero-order chi connectivity index (χ0) is 12.6. The van der Waals surface area contributed by atoms with Gasteiger partial charge in [-0.25, -0.2) is 0 Å². The highest BCUT2D eigenvalue weighted by atomic mass is 15.2. The number of nitrogens with one attached hydrogen (secondary N) is 1. The molecule has 100 valence electrons. The average molecular weight is 247 g/mol. The van der Waals surface area contributed by atoms with Crippen LogP contribution in [-0.2, 0) is 12.8 Å². The van der Waals surface area contributed by atoms with Gasteiger partial charge in [0.05, 0.1) is 0 Å². The fourth-order valence-electron chi connectivity index (χ4n) is 2.39. The van der Waals surface area contributed by atoms with E-state index in [1.807, 2.05) is 6.20 Å². The summed E-state index contributed by atoms with van der Waals surface area (Å²) in [6.45, 7) is 8.14. The molecule has 0 amide bonds. The molecule has 1 saturated heterocycles. The number of pyridine rings is 1. The predicted molar refractivity (Wildman–Crippen MR) is 75.9 cm³/mol. The standard InChI is InChI=1S/C15H25N3/c1-2-14-6-7-15(17-13-14)5-3-4-10-18-11-8-16-9-12-18/h6-7,13,16H,2-5,8-12H2,1H3. The van der Waals surface area contributed by atoms with Gasteiger partial charge in [-0.3, -0.25) is 4.98 Å². The van der Waals surface area contributed by atoms with Crippen LogP contribution in [0.15, 0.2) is 18.3 Å². The second-order valence-corrected chi connectivity index (χ2v) is 5.06. The Kier molecular flexibility index (Phi) is 5.62. The number of piperazine rings is 1. The average Bonchev–Trinajstić information content (AvgIpc) is 2.45. The number of hydrogen-bond donors (Lipinski definition) is 1. The van der Waals surface area contributed by atoms with Crippen molar-refractivity contribution in [2.24, 2.45) is 0 Å². The molecule has 1 N–H and O–H groups in total. The smallest absolute Gasteiger partial charge is 0.0403 e. The van der Waals surface area contributed by atoms with Crippen molar-refractivity contribution in [1.29, 1.82) is 0 Å². The van der Waals surface area contributed by atoms with Crippen LogP contribution in [0.3, 0.4) is 0 Å². The first-order valence-electron chi connectivity index (χ1n) is 7.25. The van der Waals surface area contributed by atoms with Crippen LogP contribution >= 0.6 is 0 Å². The lowest BCUT2D eigenvalue weighted by atomic mass is 10.1. The monoisotopic (exact) mass is 247 g/mol. The number of unbranched alkanes of at least 4 members (excludes halogenated alkanes) is 1. The van der Waals surface area contributed by atoms with Crippen LogP contribution in [0.2, 0.25) is 0 Å². The summed E-state index contributed by atoms with van der Waals surface area (Å²) in [4.78, 5) is 7.07. The molecule has 1 fully saturated rings. The molecule has 0 bridgehead atoms. The third-order valence-corrected chi connectivity index (χ3v) is 3.66. The van der Waals surface area contributed by atoms with Crippen molar-refractivity contribution >= 4 is 0 Å². The Hall–Kier alpha value is -0.930. The number of rotatable bonds is 6. The number of aryl methyl sites for hydroxylation is 2. The van der Waals surface area contributed by atoms with E-state index in [9.17, 15) is 0 Å². The van der Waals surface area contributed by atoms with Gasteiger partial charge >= 0.3 is 0 Å². The van der Waals surface area contributed by atoms with E-state index in [4.69, 9.17) is 0 Å². The minimum absolute atomic E-state index is 1.08. The molecule has 0 saturated carbocycles. The van der Waals surface area contributed by atoms with Crippen LogP contribution in [0.25, 0.3) is 0 Å². The van der Waals surface area contributed by atoms with Gasteiger partial charge in [0.1, 0.15) is 0 Å². The topological polar surface area (TPSA) is 28.2 Å². The Morgan fingerprint density at radius 3 is 2.72 bits per heavy atom. The fourth-order valence-corrected chi connectivity index (χ4v) is 2.39. The maximum atomic E-state index is 4.51. The molecule has 2 heterocycles. The molecule has 1 aromatic rings. The van der Waals surface area contributed by atoms with Crippen LogP contribution in [-0.4, -0.2) is 42.6 Å². The van der Waals surface area contributed by atoms with E-state index in [0.717, 1.165) is 25.9 Å². The van der Waals surface area contributed by atoms with Crippen molar-refractivity contribution < 1.29 is 0 Å². The molecule has 1 aliphatic heterocycles. The molecule has 0 atom stereocenters. The van der Waals surface area contributed by atoms with Crippen molar-refractivity contribution in [2.75, 3.05) is 32.7 Å². The van der Waals surface area contributed by atoms with E-state index in [2.05, 4.69) is 34.3 Å². The summed E-state index contributed by atoms with van der Waals surface area (Å²) in [5.41, 5.74) is 2.58. The molecule has 1 aliphatic rings. The summed E-state index contributed by atoms with van der Waals surface area (Å²) in [5, 5.41) is 3.39. The Labute approximate surface area is 111 Å². The second-order valence-electron chi connectivity index (χ2n) is 5.06. The zero-order valence-corrected chi connectivity index (χ0v) is 11.5. The first-order valence-corrected chi connectivity index (χ1v) is 7.25. The van der Waals surface area contributed by atoms with E-state index in [1.54, 1.807) is 0 Å². The SMILES string of the molecule is CCc1ccc(CCCCN2CCNCC2)nc1. The molecule has 1 aromatic heterocycles. The quantitative estimate of drug-likeness (QED) is 0.778. The van der Waals surface area contributed by atoms with Crippen LogP contribution in [0.1, 0.15) is 31.0 Å². The normalized spacial score (nSPS) is 16.9. The van der Waals surface area contributed by atoms with Gasteiger partial charge in [-0.1, -0.05) is 13.0 Å². The largest absolute Gasteiger partial charge is 0.314 e. The van der Waals surface area contributed by atoms with E-state index in [-0.39, 0.29) is 0 Å². The summed E-state index contributed by atoms with van der Waals surface area (Å²) in [6.07, 6.45) is 6.76. The summed E-state index contributed by atoms with van der Waals surface area (Å²) < 4.78 is 0. The summed E-state index contributed by atoms with van der Waals surface area (Å²) in [5.74, 6) is 0. The minimum atomic E-state index is 1.08. The molecular formula is C15H25N3. The van der Waals surface area contributed by atoms with Crippen LogP contribution in [0, 0.1) is 0 Å². The fraction of sp³-hybridized carbons (Fsp3) is 0.667. The highest BCUT2D eigenvalue weighted by Crippen LogP contribution is 2.06. The molecule has 0 aromatic carbocycles. The lowest BCUT2D eigenvalue weighted by Gasteiger charge is -2.26. The third-order valence-electron chi connectivity index (χ3n) is 3.66. The summed E-state index contributed by atoms with van der Waals surface area (Å²) in [7, 11) is 0. The molecule has 2 rings (SSSR count).